The van der Waals surface area contributed by atoms with Crippen LogP contribution in [0.2, 0.25) is 0 Å². The molecule has 4 nitrogen and oxygen atoms in total. The first-order valence-corrected chi connectivity index (χ1v) is 5.38. The number of hydrogen-bond donors (Lipinski definition) is 1. The maximum Gasteiger partial charge on any atom is 0.129 e. The third kappa shape index (κ3) is 1.74. The van der Waals surface area contributed by atoms with Gasteiger partial charge in [0.2, 0.25) is 0 Å². The van der Waals surface area contributed by atoms with E-state index in [9.17, 15) is 5.11 Å². The molecule has 1 aliphatic rings. The zero-order valence-electron chi connectivity index (χ0n) is 9.51. The molecule has 0 atom stereocenters. The molecule has 0 spiro atoms. The van der Waals surface area contributed by atoms with Crippen molar-refractivity contribution < 1.29 is 5.11 Å². The van der Waals surface area contributed by atoms with Crippen molar-refractivity contribution in [1.29, 1.82) is 5.26 Å². The van der Waals surface area contributed by atoms with E-state index in [0.717, 1.165) is 5.82 Å². The average Bonchev–Trinajstić information content (AvgIpc) is 2.24. The zero-order valence-corrected chi connectivity index (χ0v) is 9.51. The summed E-state index contributed by atoms with van der Waals surface area (Å²) in [5.74, 6) is 1.01. The largest absolute Gasteiger partial charge is 0.386 e. The van der Waals surface area contributed by atoms with Crippen LogP contribution in [0.25, 0.3) is 0 Å². The van der Waals surface area contributed by atoms with Gasteiger partial charge in [0.1, 0.15) is 11.4 Å². The van der Waals surface area contributed by atoms with Crippen LogP contribution in [0, 0.1) is 17.2 Å². The Morgan fingerprint density at radius 2 is 2.25 bits per heavy atom. The molecule has 1 fully saturated rings. The van der Waals surface area contributed by atoms with Gasteiger partial charge in [-0.3, -0.25) is 0 Å². The molecule has 1 N–H and O–H groups in total. The van der Waals surface area contributed by atoms with Crippen LogP contribution >= 0.6 is 0 Å². The van der Waals surface area contributed by atoms with E-state index in [1.807, 2.05) is 18.7 Å². The summed E-state index contributed by atoms with van der Waals surface area (Å²) in [6.45, 7) is 5.20. The van der Waals surface area contributed by atoms with E-state index in [2.05, 4.69) is 11.1 Å². The van der Waals surface area contributed by atoms with Gasteiger partial charge in [-0.2, -0.15) is 5.26 Å². The fraction of sp³-hybridized carbons (Fsp3) is 0.500. The summed E-state index contributed by atoms with van der Waals surface area (Å²) in [6, 6.07) is 5.51. The van der Waals surface area contributed by atoms with Crippen LogP contribution < -0.4 is 4.90 Å². The van der Waals surface area contributed by atoms with E-state index in [1.54, 1.807) is 18.3 Å². The summed E-state index contributed by atoms with van der Waals surface area (Å²) in [4.78, 5) is 6.18. The van der Waals surface area contributed by atoms with Crippen LogP contribution in [0.15, 0.2) is 18.3 Å². The third-order valence-electron chi connectivity index (χ3n) is 3.20. The molecule has 1 aliphatic heterocycles. The molecule has 0 aliphatic carbocycles. The first-order valence-electron chi connectivity index (χ1n) is 5.38. The molecule has 0 radical (unpaired) electrons. The van der Waals surface area contributed by atoms with Gasteiger partial charge in [0.05, 0.1) is 24.7 Å². The molecule has 2 rings (SSSR count). The van der Waals surface area contributed by atoms with Crippen molar-refractivity contribution in [2.24, 2.45) is 5.92 Å². The normalized spacial score (nSPS) is 18.1. The maximum atomic E-state index is 10.1. The molecule has 0 aromatic carbocycles. The Kier molecular flexibility index (Phi) is 2.56. The fourth-order valence-corrected chi connectivity index (χ4v) is 1.80. The van der Waals surface area contributed by atoms with Crippen molar-refractivity contribution in [3.8, 4) is 6.07 Å². The van der Waals surface area contributed by atoms with Gasteiger partial charge in [-0.15, -0.1) is 0 Å². The van der Waals surface area contributed by atoms with Crippen molar-refractivity contribution >= 4 is 5.82 Å². The van der Waals surface area contributed by atoms with Crippen molar-refractivity contribution in [1.82, 2.24) is 4.98 Å². The number of rotatable bonds is 2. The number of β-amino-alcohol motifs (C(OH)–C–C–N with tert-alkyl or cyclic N) is 1. The SMILES string of the molecule is CC(C)C1(O)CN(c2cc(C#N)ccn2)C1. The van der Waals surface area contributed by atoms with Gasteiger partial charge in [-0.05, 0) is 18.1 Å². The molecule has 1 aromatic heterocycles. The summed E-state index contributed by atoms with van der Waals surface area (Å²) in [5, 5.41) is 18.9. The van der Waals surface area contributed by atoms with E-state index < -0.39 is 5.60 Å². The van der Waals surface area contributed by atoms with E-state index in [-0.39, 0.29) is 5.92 Å². The number of nitrogens with zero attached hydrogens (tertiary/aromatic N) is 3. The van der Waals surface area contributed by atoms with Gasteiger partial charge in [0.25, 0.3) is 0 Å². The predicted octanol–water partition coefficient (Wildman–Crippen LogP) is 1.16. The second kappa shape index (κ2) is 3.76. The summed E-state index contributed by atoms with van der Waals surface area (Å²) in [6.07, 6.45) is 1.63. The van der Waals surface area contributed by atoms with E-state index in [1.165, 1.54) is 0 Å². The molecule has 4 heteroatoms. The summed E-state index contributed by atoms with van der Waals surface area (Å²) >= 11 is 0. The number of pyridine rings is 1. The molecule has 2 heterocycles. The predicted molar refractivity (Wildman–Crippen MR) is 61.0 cm³/mol. The second-order valence-corrected chi connectivity index (χ2v) is 4.63. The highest BCUT2D eigenvalue weighted by atomic mass is 16.3. The smallest absolute Gasteiger partial charge is 0.129 e. The van der Waals surface area contributed by atoms with Crippen molar-refractivity contribution in [3.63, 3.8) is 0 Å². The minimum Gasteiger partial charge on any atom is -0.386 e. The standard InChI is InChI=1S/C12H15N3O/c1-9(2)12(16)7-15(8-12)11-5-10(6-13)3-4-14-11/h3-5,9,16H,7-8H2,1-2H3. The number of nitriles is 1. The van der Waals surface area contributed by atoms with E-state index in [4.69, 9.17) is 5.26 Å². The Labute approximate surface area is 95.1 Å². The van der Waals surface area contributed by atoms with Crippen molar-refractivity contribution in [3.05, 3.63) is 23.9 Å². The lowest BCUT2D eigenvalue weighted by Gasteiger charge is -2.49. The molecule has 1 saturated heterocycles. The molecule has 1 aromatic rings. The molecular weight excluding hydrogens is 202 g/mol. The Bertz CT molecular complexity index is 430. The highest BCUT2D eigenvalue weighted by Gasteiger charge is 2.44. The monoisotopic (exact) mass is 217 g/mol. The lowest BCUT2D eigenvalue weighted by molar-refractivity contribution is -0.0304. The first kappa shape index (κ1) is 10.9. The number of anilines is 1. The molecule has 0 bridgehead atoms. The van der Waals surface area contributed by atoms with E-state index in [0.29, 0.717) is 18.7 Å². The fourth-order valence-electron chi connectivity index (χ4n) is 1.80. The Morgan fingerprint density at radius 1 is 1.56 bits per heavy atom. The lowest BCUT2D eigenvalue weighted by Crippen LogP contribution is -2.65. The van der Waals surface area contributed by atoms with Gasteiger partial charge < -0.3 is 10.0 Å². The van der Waals surface area contributed by atoms with Gasteiger partial charge in [0, 0.05) is 6.20 Å². The highest BCUT2D eigenvalue weighted by Crippen LogP contribution is 2.31. The Hall–Kier alpha value is -1.60. The summed E-state index contributed by atoms with van der Waals surface area (Å²) in [5.41, 5.74) is -0.00498. The molecule has 16 heavy (non-hydrogen) atoms. The highest BCUT2D eigenvalue weighted by molar-refractivity contribution is 5.48. The van der Waals surface area contributed by atoms with Crippen molar-refractivity contribution in [2.75, 3.05) is 18.0 Å². The maximum absolute atomic E-state index is 10.1. The number of aliphatic hydroxyl groups is 1. The quantitative estimate of drug-likeness (QED) is 0.807. The Balaban J connectivity index is 2.10. The van der Waals surface area contributed by atoms with Crippen LogP contribution in [0.1, 0.15) is 19.4 Å². The zero-order chi connectivity index (χ0) is 11.8. The van der Waals surface area contributed by atoms with Crippen LogP contribution in [0.4, 0.5) is 5.82 Å². The van der Waals surface area contributed by atoms with Gasteiger partial charge in [-0.25, -0.2) is 4.98 Å². The molecule has 84 valence electrons. The second-order valence-electron chi connectivity index (χ2n) is 4.63. The van der Waals surface area contributed by atoms with Crippen LogP contribution in [-0.4, -0.2) is 28.8 Å². The lowest BCUT2D eigenvalue weighted by atomic mass is 9.83. The molecule has 0 saturated carbocycles. The Morgan fingerprint density at radius 3 is 2.81 bits per heavy atom. The minimum absolute atomic E-state index is 0.239. The first-order chi connectivity index (χ1) is 7.55. The summed E-state index contributed by atoms with van der Waals surface area (Å²) in [7, 11) is 0. The van der Waals surface area contributed by atoms with Gasteiger partial charge in [-0.1, -0.05) is 13.8 Å². The van der Waals surface area contributed by atoms with Crippen LogP contribution in [0.3, 0.4) is 0 Å². The van der Waals surface area contributed by atoms with Crippen LogP contribution in [-0.2, 0) is 0 Å². The topological polar surface area (TPSA) is 60.1 Å². The van der Waals surface area contributed by atoms with Crippen molar-refractivity contribution in [2.45, 2.75) is 19.4 Å². The minimum atomic E-state index is -0.607. The van der Waals surface area contributed by atoms with Crippen LogP contribution in [0.5, 0.6) is 0 Å². The van der Waals surface area contributed by atoms with Gasteiger partial charge in [0.15, 0.2) is 0 Å². The summed E-state index contributed by atoms with van der Waals surface area (Å²) < 4.78 is 0. The van der Waals surface area contributed by atoms with Gasteiger partial charge >= 0.3 is 0 Å². The third-order valence-corrected chi connectivity index (χ3v) is 3.20. The molecular formula is C12H15N3O. The number of aromatic nitrogens is 1. The molecule has 0 amide bonds. The molecule has 0 unspecified atom stereocenters. The van der Waals surface area contributed by atoms with E-state index >= 15 is 0 Å². The number of hydrogen-bond acceptors (Lipinski definition) is 4. The average molecular weight is 217 g/mol.